The highest BCUT2D eigenvalue weighted by Crippen LogP contribution is 2.16. The van der Waals surface area contributed by atoms with Crippen LogP contribution in [-0.2, 0) is 17.0 Å². The molecule has 2 N–H and O–H groups in total. The largest absolute Gasteiger partial charge is 0.394 e. The molecule has 0 aliphatic rings. The zero-order chi connectivity index (χ0) is 14.9. The Kier molecular flexibility index (Phi) is 6.79. The minimum absolute atomic E-state index is 0.0217. The summed E-state index contributed by atoms with van der Waals surface area (Å²) >= 11 is 3.30. The van der Waals surface area contributed by atoms with E-state index in [-0.39, 0.29) is 18.6 Å². The molecule has 112 valence electrons. The molecule has 0 aliphatic carbocycles. The SMILES string of the molecule is O=C(CSCc1cccs1)N[C@@H](CO)Cc1ccccc1. The first-order valence-corrected chi connectivity index (χ1v) is 8.85. The number of thiophene rings is 1. The third kappa shape index (κ3) is 5.91. The van der Waals surface area contributed by atoms with Crippen LogP contribution >= 0.6 is 23.1 Å². The Balaban J connectivity index is 1.72. The van der Waals surface area contributed by atoms with E-state index in [1.54, 1.807) is 23.1 Å². The molecule has 0 saturated carbocycles. The van der Waals surface area contributed by atoms with Crippen LogP contribution < -0.4 is 5.32 Å². The number of aliphatic hydroxyl groups is 1. The van der Waals surface area contributed by atoms with Gasteiger partial charge in [0.2, 0.25) is 5.91 Å². The van der Waals surface area contributed by atoms with Crippen LogP contribution in [0.3, 0.4) is 0 Å². The van der Waals surface area contributed by atoms with Gasteiger partial charge < -0.3 is 10.4 Å². The highest BCUT2D eigenvalue weighted by molar-refractivity contribution is 7.99. The Hall–Kier alpha value is -1.30. The number of hydrogen-bond donors (Lipinski definition) is 2. The van der Waals surface area contributed by atoms with Crippen LogP contribution in [0.5, 0.6) is 0 Å². The molecule has 1 aromatic heterocycles. The molecule has 0 bridgehead atoms. The monoisotopic (exact) mass is 321 g/mol. The summed E-state index contributed by atoms with van der Waals surface area (Å²) in [6.45, 7) is -0.0454. The van der Waals surface area contributed by atoms with Gasteiger partial charge in [0.1, 0.15) is 0 Å². The molecule has 0 spiro atoms. The maximum absolute atomic E-state index is 11.9. The van der Waals surface area contributed by atoms with Gasteiger partial charge in [0.05, 0.1) is 18.4 Å². The van der Waals surface area contributed by atoms with Crippen LogP contribution in [0.1, 0.15) is 10.4 Å². The lowest BCUT2D eigenvalue weighted by Gasteiger charge is -2.16. The van der Waals surface area contributed by atoms with Gasteiger partial charge >= 0.3 is 0 Å². The molecule has 3 nitrogen and oxygen atoms in total. The Morgan fingerprint density at radius 1 is 1.24 bits per heavy atom. The number of carbonyl (C=O) groups excluding carboxylic acids is 1. The van der Waals surface area contributed by atoms with E-state index in [1.165, 1.54) is 4.88 Å². The fraction of sp³-hybridized carbons (Fsp3) is 0.312. The number of aliphatic hydroxyl groups excluding tert-OH is 1. The van der Waals surface area contributed by atoms with Crippen molar-refractivity contribution in [1.82, 2.24) is 5.32 Å². The molecule has 1 heterocycles. The molecule has 5 heteroatoms. The first kappa shape index (κ1) is 16.1. The van der Waals surface area contributed by atoms with Crippen molar-refractivity contribution in [2.24, 2.45) is 0 Å². The zero-order valence-electron chi connectivity index (χ0n) is 11.7. The van der Waals surface area contributed by atoms with Crippen LogP contribution in [-0.4, -0.2) is 29.4 Å². The van der Waals surface area contributed by atoms with E-state index in [2.05, 4.69) is 11.4 Å². The lowest BCUT2D eigenvalue weighted by atomic mass is 10.1. The van der Waals surface area contributed by atoms with Gasteiger partial charge in [0.15, 0.2) is 0 Å². The predicted molar refractivity (Wildman–Crippen MR) is 89.6 cm³/mol. The summed E-state index contributed by atoms with van der Waals surface area (Å²) in [6, 6.07) is 13.7. The van der Waals surface area contributed by atoms with Gasteiger partial charge in [-0.15, -0.1) is 23.1 Å². The van der Waals surface area contributed by atoms with E-state index in [0.29, 0.717) is 12.2 Å². The Labute approximate surface area is 133 Å². The third-order valence-electron chi connectivity index (χ3n) is 2.97. The Morgan fingerprint density at radius 3 is 2.71 bits per heavy atom. The summed E-state index contributed by atoms with van der Waals surface area (Å²) in [5.74, 6) is 1.25. The maximum Gasteiger partial charge on any atom is 0.230 e. The molecule has 0 unspecified atom stereocenters. The Bertz CT molecular complexity index is 528. The first-order valence-electron chi connectivity index (χ1n) is 6.82. The van der Waals surface area contributed by atoms with Crippen LogP contribution in [0.4, 0.5) is 0 Å². The van der Waals surface area contributed by atoms with Crippen molar-refractivity contribution in [3.05, 3.63) is 58.3 Å². The van der Waals surface area contributed by atoms with Crippen molar-refractivity contribution < 1.29 is 9.90 Å². The quantitative estimate of drug-likeness (QED) is 0.786. The standard InChI is InChI=1S/C16H19NO2S2/c18-10-14(9-13-5-2-1-3-6-13)17-16(19)12-20-11-15-7-4-8-21-15/h1-8,14,18H,9-12H2,(H,17,19)/t14-/m1/s1. The van der Waals surface area contributed by atoms with Gasteiger partial charge in [-0.05, 0) is 23.4 Å². The summed E-state index contributed by atoms with van der Waals surface area (Å²) < 4.78 is 0. The number of hydrogen-bond acceptors (Lipinski definition) is 4. The number of benzene rings is 1. The van der Waals surface area contributed by atoms with Gasteiger partial charge in [-0.3, -0.25) is 4.79 Å². The molecular weight excluding hydrogens is 302 g/mol. The zero-order valence-corrected chi connectivity index (χ0v) is 13.3. The summed E-state index contributed by atoms with van der Waals surface area (Å²) in [7, 11) is 0. The van der Waals surface area contributed by atoms with E-state index in [1.807, 2.05) is 41.8 Å². The van der Waals surface area contributed by atoms with Crippen LogP contribution in [0, 0.1) is 0 Å². The van der Waals surface area contributed by atoms with Crippen LogP contribution in [0.15, 0.2) is 47.8 Å². The van der Waals surface area contributed by atoms with Crippen LogP contribution in [0.2, 0.25) is 0 Å². The van der Waals surface area contributed by atoms with E-state index < -0.39 is 0 Å². The van der Waals surface area contributed by atoms with Crippen molar-refractivity contribution in [2.75, 3.05) is 12.4 Å². The van der Waals surface area contributed by atoms with Crippen molar-refractivity contribution in [3.8, 4) is 0 Å². The average Bonchev–Trinajstić information content (AvgIpc) is 3.01. The van der Waals surface area contributed by atoms with Gasteiger partial charge in [0.25, 0.3) is 0 Å². The fourth-order valence-corrected chi connectivity index (χ4v) is 3.65. The predicted octanol–water partition coefficient (Wildman–Crippen LogP) is 2.70. The lowest BCUT2D eigenvalue weighted by Crippen LogP contribution is -2.40. The van der Waals surface area contributed by atoms with Crippen molar-refractivity contribution in [2.45, 2.75) is 18.2 Å². The molecule has 1 aromatic carbocycles. The van der Waals surface area contributed by atoms with Crippen molar-refractivity contribution in [3.63, 3.8) is 0 Å². The molecule has 2 aromatic rings. The second-order valence-electron chi connectivity index (χ2n) is 4.71. The molecule has 0 fully saturated rings. The lowest BCUT2D eigenvalue weighted by molar-refractivity contribution is -0.119. The number of nitrogens with one attached hydrogen (secondary N) is 1. The first-order chi connectivity index (χ1) is 10.3. The molecule has 1 amide bonds. The smallest absolute Gasteiger partial charge is 0.230 e. The molecule has 0 saturated heterocycles. The summed E-state index contributed by atoms with van der Waals surface area (Å²) in [4.78, 5) is 13.2. The van der Waals surface area contributed by atoms with Crippen molar-refractivity contribution in [1.29, 1.82) is 0 Å². The minimum atomic E-state index is -0.220. The van der Waals surface area contributed by atoms with Crippen molar-refractivity contribution >= 4 is 29.0 Å². The summed E-state index contributed by atoms with van der Waals surface area (Å²) in [5, 5.41) is 14.3. The molecule has 0 aliphatic heterocycles. The van der Waals surface area contributed by atoms with Gasteiger partial charge in [0, 0.05) is 10.6 Å². The second-order valence-corrected chi connectivity index (χ2v) is 6.73. The fourth-order valence-electron chi connectivity index (χ4n) is 1.97. The normalized spacial score (nSPS) is 12.0. The van der Waals surface area contributed by atoms with Crippen LogP contribution in [0.25, 0.3) is 0 Å². The van der Waals surface area contributed by atoms with E-state index in [4.69, 9.17) is 0 Å². The molecule has 2 rings (SSSR count). The average molecular weight is 321 g/mol. The summed E-state index contributed by atoms with van der Waals surface area (Å²) in [5.41, 5.74) is 1.11. The number of thioether (sulfide) groups is 1. The van der Waals surface area contributed by atoms with Gasteiger partial charge in [-0.2, -0.15) is 0 Å². The minimum Gasteiger partial charge on any atom is -0.394 e. The molecule has 0 radical (unpaired) electrons. The second kappa shape index (κ2) is 8.87. The number of carbonyl (C=O) groups is 1. The van der Waals surface area contributed by atoms with Gasteiger partial charge in [-0.1, -0.05) is 36.4 Å². The van der Waals surface area contributed by atoms with E-state index in [9.17, 15) is 9.90 Å². The molecule has 21 heavy (non-hydrogen) atoms. The number of amides is 1. The summed E-state index contributed by atoms with van der Waals surface area (Å²) in [6.07, 6.45) is 0.651. The molecular formula is C16H19NO2S2. The highest BCUT2D eigenvalue weighted by atomic mass is 32.2. The van der Waals surface area contributed by atoms with Gasteiger partial charge in [-0.25, -0.2) is 0 Å². The van der Waals surface area contributed by atoms with E-state index >= 15 is 0 Å². The number of rotatable bonds is 8. The maximum atomic E-state index is 11.9. The molecule has 1 atom stereocenters. The topological polar surface area (TPSA) is 49.3 Å². The Morgan fingerprint density at radius 2 is 2.05 bits per heavy atom. The third-order valence-corrected chi connectivity index (χ3v) is 5.01. The highest BCUT2D eigenvalue weighted by Gasteiger charge is 2.12. The van der Waals surface area contributed by atoms with E-state index in [0.717, 1.165) is 11.3 Å².